The largest absolute Gasteiger partial charge is 0.443 e. The summed E-state index contributed by atoms with van der Waals surface area (Å²) in [4.78, 5) is 24.0. The molecular weight excluding hydrogens is 356 g/mol. The van der Waals surface area contributed by atoms with E-state index in [1.165, 1.54) is 20.8 Å². The van der Waals surface area contributed by atoms with Crippen LogP contribution in [0.3, 0.4) is 0 Å². The van der Waals surface area contributed by atoms with Crippen LogP contribution in [0, 0.1) is 0 Å². The molecule has 25 heavy (non-hydrogen) atoms. The molecule has 1 aromatic rings. The minimum atomic E-state index is -5.16. The zero-order valence-electron chi connectivity index (χ0n) is 13.2. The van der Waals surface area contributed by atoms with E-state index in [2.05, 4.69) is 0 Å². The molecule has 0 bridgehead atoms. The molecule has 0 N–H and O–H groups in total. The molecule has 0 saturated heterocycles. The first-order valence-electron chi connectivity index (χ1n) is 6.97. The Balaban J connectivity index is 2.57. The standard InChI is InChI=1S/C15H13F6NO3/c1-13(2,3)25-12(24)22-10(15(19,20)21)9-6-7(14(16,17)18)4-5-8(9)11(22)23/h4-6,10H,1-3H3/t10-/m0/s1. The number of hydrogen-bond donors (Lipinski definition) is 0. The predicted octanol–water partition coefficient (Wildman–Crippen LogP) is 4.70. The van der Waals surface area contributed by atoms with E-state index >= 15 is 0 Å². The molecule has 0 fully saturated rings. The fourth-order valence-electron chi connectivity index (χ4n) is 2.37. The molecule has 1 aliphatic rings. The normalized spacial score (nSPS) is 18.4. The van der Waals surface area contributed by atoms with Gasteiger partial charge in [-0.3, -0.25) is 4.79 Å². The number of carbonyl (C=O) groups excluding carboxylic acids is 2. The smallest absolute Gasteiger partial charge is 0.418 e. The summed E-state index contributed by atoms with van der Waals surface area (Å²) in [6.07, 6.45) is -11.6. The Bertz CT molecular complexity index is 717. The van der Waals surface area contributed by atoms with Crippen molar-refractivity contribution in [2.45, 2.75) is 44.8 Å². The third kappa shape index (κ3) is 3.72. The number of fused-ring (bicyclic) bond motifs is 1. The number of imide groups is 1. The van der Waals surface area contributed by atoms with Crippen molar-refractivity contribution in [3.8, 4) is 0 Å². The molecule has 1 atom stereocenters. The molecule has 1 heterocycles. The highest BCUT2D eigenvalue weighted by molar-refractivity contribution is 6.07. The highest BCUT2D eigenvalue weighted by atomic mass is 19.4. The van der Waals surface area contributed by atoms with Crippen molar-refractivity contribution < 1.29 is 40.7 Å². The molecule has 4 nitrogen and oxygen atoms in total. The average Bonchev–Trinajstić information content (AvgIpc) is 2.68. The second kappa shape index (κ2) is 5.63. The van der Waals surface area contributed by atoms with Gasteiger partial charge in [0.1, 0.15) is 5.60 Å². The lowest BCUT2D eigenvalue weighted by molar-refractivity contribution is -0.174. The van der Waals surface area contributed by atoms with Gasteiger partial charge in [0.05, 0.1) is 5.56 Å². The van der Waals surface area contributed by atoms with E-state index in [0.717, 1.165) is 0 Å². The van der Waals surface area contributed by atoms with Gasteiger partial charge < -0.3 is 4.74 Å². The van der Waals surface area contributed by atoms with Gasteiger partial charge in [-0.1, -0.05) is 0 Å². The molecule has 1 aromatic carbocycles. The summed E-state index contributed by atoms with van der Waals surface area (Å²) < 4.78 is 83.3. The van der Waals surface area contributed by atoms with Crippen molar-refractivity contribution in [2.75, 3.05) is 0 Å². The fraction of sp³-hybridized carbons (Fsp3) is 0.467. The van der Waals surface area contributed by atoms with Gasteiger partial charge in [0.25, 0.3) is 5.91 Å². The van der Waals surface area contributed by atoms with Crippen LogP contribution >= 0.6 is 0 Å². The van der Waals surface area contributed by atoms with Crippen LogP contribution in [0.5, 0.6) is 0 Å². The monoisotopic (exact) mass is 369 g/mol. The maximum absolute atomic E-state index is 13.4. The van der Waals surface area contributed by atoms with Crippen molar-refractivity contribution in [3.05, 3.63) is 34.9 Å². The summed E-state index contributed by atoms with van der Waals surface area (Å²) in [6, 6.07) is -1.49. The number of ether oxygens (including phenoxy) is 1. The van der Waals surface area contributed by atoms with Gasteiger partial charge in [-0.15, -0.1) is 0 Å². The van der Waals surface area contributed by atoms with Crippen LogP contribution in [0.25, 0.3) is 0 Å². The second-order valence-corrected chi connectivity index (χ2v) is 6.40. The molecule has 2 rings (SSSR count). The van der Waals surface area contributed by atoms with Crippen LogP contribution < -0.4 is 0 Å². The Hall–Kier alpha value is -2.26. The lowest BCUT2D eigenvalue weighted by Crippen LogP contribution is -2.43. The van der Waals surface area contributed by atoms with Crippen molar-refractivity contribution >= 4 is 12.0 Å². The Kier molecular flexibility index (Phi) is 4.30. The number of alkyl halides is 6. The third-order valence-electron chi connectivity index (χ3n) is 3.28. The fourth-order valence-corrected chi connectivity index (χ4v) is 2.37. The minimum Gasteiger partial charge on any atom is -0.443 e. The first-order valence-corrected chi connectivity index (χ1v) is 6.97. The SMILES string of the molecule is CC(C)(C)OC(=O)N1C(=O)c2ccc(C(F)(F)F)cc2[C@H]1C(F)(F)F. The van der Waals surface area contributed by atoms with Crippen LogP contribution in [0.4, 0.5) is 31.1 Å². The zero-order valence-corrected chi connectivity index (χ0v) is 13.2. The molecule has 0 aromatic heterocycles. The Morgan fingerprint density at radius 3 is 2.08 bits per heavy atom. The first kappa shape index (κ1) is 19.1. The van der Waals surface area contributed by atoms with E-state index in [4.69, 9.17) is 4.74 Å². The van der Waals surface area contributed by atoms with E-state index in [1.54, 1.807) is 0 Å². The van der Waals surface area contributed by atoms with Crippen molar-refractivity contribution in [1.29, 1.82) is 0 Å². The number of halogens is 6. The van der Waals surface area contributed by atoms with Crippen molar-refractivity contribution in [1.82, 2.24) is 4.90 Å². The number of hydrogen-bond acceptors (Lipinski definition) is 3. The van der Waals surface area contributed by atoms with Crippen LogP contribution in [0.15, 0.2) is 18.2 Å². The highest BCUT2D eigenvalue weighted by Crippen LogP contribution is 2.46. The molecule has 2 amide bonds. The van der Waals surface area contributed by atoms with Gasteiger partial charge in [-0.2, -0.15) is 26.3 Å². The van der Waals surface area contributed by atoms with E-state index in [-0.39, 0.29) is 11.0 Å². The highest BCUT2D eigenvalue weighted by Gasteiger charge is 2.56. The average molecular weight is 369 g/mol. The molecule has 1 aliphatic heterocycles. The van der Waals surface area contributed by atoms with E-state index in [9.17, 15) is 35.9 Å². The minimum absolute atomic E-state index is 0.198. The lowest BCUT2D eigenvalue weighted by Gasteiger charge is -2.28. The van der Waals surface area contributed by atoms with E-state index < -0.39 is 52.7 Å². The number of carbonyl (C=O) groups is 2. The maximum Gasteiger partial charge on any atom is 0.418 e. The lowest BCUT2D eigenvalue weighted by atomic mass is 10.0. The van der Waals surface area contributed by atoms with Gasteiger partial charge in [-0.25, -0.2) is 9.69 Å². The van der Waals surface area contributed by atoms with Crippen LogP contribution in [0.1, 0.15) is 48.3 Å². The van der Waals surface area contributed by atoms with Gasteiger partial charge in [0, 0.05) is 5.56 Å². The van der Waals surface area contributed by atoms with Crippen molar-refractivity contribution in [2.24, 2.45) is 0 Å². The molecule has 10 heteroatoms. The van der Waals surface area contributed by atoms with Crippen LogP contribution in [-0.4, -0.2) is 28.7 Å². The molecular formula is C15H13F6NO3. The first-order chi connectivity index (χ1) is 11.1. The van der Waals surface area contributed by atoms with Gasteiger partial charge in [-0.05, 0) is 44.5 Å². The second-order valence-electron chi connectivity index (χ2n) is 6.40. The molecule has 0 radical (unpaired) electrons. The number of amides is 2. The van der Waals surface area contributed by atoms with Gasteiger partial charge >= 0.3 is 18.4 Å². The van der Waals surface area contributed by atoms with E-state index in [0.29, 0.717) is 12.1 Å². The van der Waals surface area contributed by atoms with Crippen molar-refractivity contribution in [3.63, 3.8) is 0 Å². The Morgan fingerprint density at radius 2 is 1.64 bits per heavy atom. The van der Waals surface area contributed by atoms with Gasteiger partial charge in [0.15, 0.2) is 6.04 Å². The van der Waals surface area contributed by atoms with Crippen LogP contribution in [0.2, 0.25) is 0 Å². The summed E-state index contributed by atoms with van der Waals surface area (Å²) in [5.41, 5.74) is -4.10. The Morgan fingerprint density at radius 1 is 1.08 bits per heavy atom. The molecule has 138 valence electrons. The quantitative estimate of drug-likeness (QED) is 0.623. The predicted molar refractivity (Wildman–Crippen MR) is 72.6 cm³/mol. The third-order valence-corrected chi connectivity index (χ3v) is 3.28. The summed E-state index contributed by atoms with van der Waals surface area (Å²) in [7, 11) is 0. The number of nitrogens with zero attached hydrogens (tertiary/aromatic N) is 1. The number of rotatable bonds is 0. The summed E-state index contributed by atoms with van der Waals surface area (Å²) >= 11 is 0. The maximum atomic E-state index is 13.4. The topological polar surface area (TPSA) is 46.6 Å². The molecule has 0 aliphatic carbocycles. The van der Waals surface area contributed by atoms with Gasteiger partial charge in [0.2, 0.25) is 0 Å². The number of benzene rings is 1. The summed E-state index contributed by atoms with van der Waals surface area (Å²) in [6.45, 7) is 4.13. The molecule has 0 spiro atoms. The van der Waals surface area contributed by atoms with E-state index in [1.807, 2.05) is 0 Å². The molecule has 0 unspecified atom stereocenters. The van der Waals surface area contributed by atoms with Crippen LogP contribution in [-0.2, 0) is 10.9 Å². The zero-order chi connectivity index (χ0) is 19.4. The molecule has 0 saturated carbocycles. The Labute approximate surface area is 138 Å². The summed E-state index contributed by atoms with van der Waals surface area (Å²) in [5, 5.41) is 0. The summed E-state index contributed by atoms with van der Waals surface area (Å²) in [5.74, 6) is -1.36.